The number of aromatic nitrogens is 1. The predicted octanol–water partition coefficient (Wildman–Crippen LogP) is 4.00. The number of nitrogens with one attached hydrogen (secondary N) is 2. The molecule has 4 aromatic rings. The van der Waals surface area contributed by atoms with Crippen LogP contribution in [-0.4, -0.2) is 31.0 Å². The summed E-state index contributed by atoms with van der Waals surface area (Å²) in [4.78, 5) is 29.1. The number of hydrazine groups is 1. The van der Waals surface area contributed by atoms with Crippen molar-refractivity contribution in [3.8, 4) is 27.8 Å². The summed E-state index contributed by atoms with van der Waals surface area (Å²) in [5.74, 6) is 1.45. The average Bonchev–Trinajstić information content (AvgIpc) is 3.56. The fraction of sp³-hybridized carbons (Fsp3) is 0.160. The van der Waals surface area contributed by atoms with Crippen molar-refractivity contribution >= 4 is 23.2 Å². The molecule has 0 saturated heterocycles. The van der Waals surface area contributed by atoms with Crippen LogP contribution in [0.15, 0.2) is 70.5 Å². The van der Waals surface area contributed by atoms with Crippen LogP contribution < -0.4 is 25.1 Å². The van der Waals surface area contributed by atoms with Crippen molar-refractivity contribution in [2.75, 3.05) is 14.2 Å². The minimum Gasteiger partial charge on any atom is -0.493 e. The number of thiazole rings is 1. The number of methoxy groups -OCH3 is 2. The fourth-order valence-electron chi connectivity index (χ4n) is 3.14. The number of hydrogen-bond acceptors (Lipinski definition) is 8. The Morgan fingerprint density at radius 3 is 2.54 bits per heavy atom. The van der Waals surface area contributed by atoms with Crippen LogP contribution in [-0.2, 0) is 17.8 Å². The van der Waals surface area contributed by atoms with E-state index in [1.54, 1.807) is 31.7 Å². The number of furan rings is 1. The average molecular weight is 494 g/mol. The molecule has 0 bridgehead atoms. The molecule has 35 heavy (non-hydrogen) atoms. The van der Waals surface area contributed by atoms with Gasteiger partial charge in [-0.3, -0.25) is 20.4 Å². The van der Waals surface area contributed by atoms with Gasteiger partial charge in [0.2, 0.25) is 5.91 Å². The van der Waals surface area contributed by atoms with Gasteiger partial charge in [0.25, 0.3) is 0 Å². The Kier molecular flexibility index (Phi) is 7.63. The lowest BCUT2D eigenvalue weighted by Crippen LogP contribution is -2.42. The third-order valence-electron chi connectivity index (χ3n) is 4.85. The lowest BCUT2D eigenvalue weighted by molar-refractivity contribution is -0.121. The highest BCUT2D eigenvalue weighted by molar-refractivity contribution is 7.13. The van der Waals surface area contributed by atoms with Crippen molar-refractivity contribution in [1.29, 1.82) is 0 Å². The standard InChI is InChI=1S/C25H23N3O6S/c1-31-20-10-8-16(12-22(20)32-2)25-26-17(15-35-25)13-23(29)27-28-24(30)21-11-9-19(34-21)14-33-18-6-4-3-5-7-18/h3-12,15H,13-14H2,1-2H3,(H,27,29)(H,28,30). The first-order valence-electron chi connectivity index (χ1n) is 10.6. The number of benzene rings is 2. The molecule has 0 radical (unpaired) electrons. The molecule has 180 valence electrons. The molecule has 10 heteroatoms. The maximum Gasteiger partial charge on any atom is 0.305 e. The van der Waals surface area contributed by atoms with Gasteiger partial charge in [0, 0.05) is 10.9 Å². The van der Waals surface area contributed by atoms with Crippen molar-refractivity contribution in [3.05, 3.63) is 83.3 Å². The first-order chi connectivity index (χ1) is 17.1. The number of amides is 2. The van der Waals surface area contributed by atoms with Gasteiger partial charge in [-0.05, 0) is 42.5 Å². The van der Waals surface area contributed by atoms with E-state index in [4.69, 9.17) is 18.6 Å². The Morgan fingerprint density at radius 2 is 1.77 bits per heavy atom. The Labute approximate surface area is 205 Å². The number of hydrogen-bond donors (Lipinski definition) is 2. The van der Waals surface area contributed by atoms with Gasteiger partial charge in [-0.1, -0.05) is 18.2 Å². The second-order valence-electron chi connectivity index (χ2n) is 7.26. The number of para-hydroxylation sites is 1. The van der Waals surface area contributed by atoms with Crippen molar-refractivity contribution in [2.24, 2.45) is 0 Å². The van der Waals surface area contributed by atoms with E-state index in [0.29, 0.717) is 28.7 Å². The predicted molar refractivity (Wildman–Crippen MR) is 129 cm³/mol. The molecule has 2 aromatic heterocycles. The molecule has 2 N–H and O–H groups in total. The molecule has 0 fully saturated rings. The van der Waals surface area contributed by atoms with Crippen LogP contribution in [0.1, 0.15) is 22.0 Å². The number of rotatable bonds is 9. The third kappa shape index (κ3) is 6.18. The SMILES string of the molecule is COc1ccc(-c2nc(CC(=O)NNC(=O)c3ccc(COc4ccccc4)o3)cs2)cc1OC. The number of carbonyl (C=O) groups is 2. The van der Waals surface area contributed by atoms with Crippen LogP contribution in [0.4, 0.5) is 0 Å². The molecule has 0 atom stereocenters. The third-order valence-corrected chi connectivity index (χ3v) is 5.79. The summed E-state index contributed by atoms with van der Waals surface area (Å²) >= 11 is 1.40. The Bertz CT molecular complexity index is 1300. The highest BCUT2D eigenvalue weighted by Crippen LogP contribution is 2.33. The Hall–Kier alpha value is -4.31. The molecule has 2 amide bonds. The minimum absolute atomic E-state index is 0.00160. The van der Waals surface area contributed by atoms with Gasteiger partial charge in [0.15, 0.2) is 17.3 Å². The van der Waals surface area contributed by atoms with Crippen LogP contribution in [0.5, 0.6) is 17.2 Å². The van der Waals surface area contributed by atoms with E-state index >= 15 is 0 Å². The summed E-state index contributed by atoms with van der Waals surface area (Å²) in [5.41, 5.74) is 6.14. The Balaban J connectivity index is 1.27. The lowest BCUT2D eigenvalue weighted by atomic mass is 10.2. The molecule has 0 aliphatic heterocycles. The number of nitrogens with zero attached hydrogens (tertiary/aromatic N) is 1. The van der Waals surface area contributed by atoms with Gasteiger partial charge in [-0.25, -0.2) is 4.98 Å². The van der Waals surface area contributed by atoms with Crippen LogP contribution >= 0.6 is 11.3 Å². The topological polar surface area (TPSA) is 112 Å². The summed E-state index contributed by atoms with van der Waals surface area (Å²) in [6.45, 7) is 0.176. The summed E-state index contributed by atoms with van der Waals surface area (Å²) in [6.07, 6.45) is -0.00160. The molecule has 4 rings (SSSR count). The van der Waals surface area contributed by atoms with E-state index in [1.807, 2.05) is 42.5 Å². The largest absolute Gasteiger partial charge is 0.493 e. The molecule has 0 aliphatic carbocycles. The van der Waals surface area contributed by atoms with Crippen molar-refractivity contribution in [2.45, 2.75) is 13.0 Å². The van der Waals surface area contributed by atoms with Gasteiger partial charge >= 0.3 is 5.91 Å². The maximum atomic E-state index is 12.3. The summed E-state index contributed by atoms with van der Waals surface area (Å²) in [6, 6.07) is 17.9. The molecule has 2 heterocycles. The minimum atomic E-state index is -0.575. The van der Waals surface area contributed by atoms with E-state index in [9.17, 15) is 9.59 Å². The first kappa shape index (κ1) is 23.8. The fourth-order valence-corrected chi connectivity index (χ4v) is 3.95. The molecular formula is C25H23N3O6S. The lowest BCUT2D eigenvalue weighted by Gasteiger charge is -2.08. The molecule has 2 aromatic carbocycles. The second-order valence-corrected chi connectivity index (χ2v) is 8.12. The highest BCUT2D eigenvalue weighted by Gasteiger charge is 2.15. The van der Waals surface area contributed by atoms with Crippen LogP contribution in [0, 0.1) is 0 Å². The van der Waals surface area contributed by atoms with E-state index in [-0.39, 0.29) is 18.8 Å². The van der Waals surface area contributed by atoms with E-state index in [0.717, 1.165) is 10.6 Å². The van der Waals surface area contributed by atoms with E-state index in [1.165, 1.54) is 17.4 Å². The zero-order chi connectivity index (χ0) is 24.6. The maximum absolute atomic E-state index is 12.3. The summed E-state index contributed by atoms with van der Waals surface area (Å²) in [7, 11) is 3.14. The smallest absolute Gasteiger partial charge is 0.305 e. The summed E-state index contributed by atoms with van der Waals surface area (Å²) < 4.78 is 21.7. The van der Waals surface area contributed by atoms with Crippen LogP contribution in [0.2, 0.25) is 0 Å². The molecule has 0 saturated carbocycles. The van der Waals surface area contributed by atoms with Gasteiger partial charge < -0.3 is 18.6 Å². The van der Waals surface area contributed by atoms with Crippen LogP contribution in [0.3, 0.4) is 0 Å². The van der Waals surface area contributed by atoms with Crippen LogP contribution in [0.25, 0.3) is 10.6 Å². The first-order valence-corrected chi connectivity index (χ1v) is 11.5. The molecule has 9 nitrogen and oxygen atoms in total. The van der Waals surface area contributed by atoms with Crippen molar-refractivity contribution < 1.29 is 28.2 Å². The molecular weight excluding hydrogens is 470 g/mol. The van der Waals surface area contributed by atoms with Crippen molar-refractivity contribution in [1.82, 2.24) is 15.8 Å². The Morgan fingerprint density at radius 1 is 0.971 bits per heavy atom. The van der Waals surface area contributed by atoms with E-state index in [2.05, 4.69) is 15.8 Å². The number of ether oxygens (including phenoxy) is 3. The quantitative estimate of drug-likeness (QED) is 0.339. The van der Waals surface area contributed by atoms with Gasteiger partial charge in [0.1, 0.15) is 23.1 Å². The number of carbonyl (C=O) groups excluding carboxylic acids is 2. The van der Waals surface area contributed by atoms with E-state index < -0.39 is 11.8 Å². The van der Waals surface area contributed by atoms with Gasteiger partial charge in [-0.15, -0.1) is 11.3 Å². The zero-order valence-electron chi connectivity index (χ0n) is 19.1. The highest BCUT2D eigenvalue weighted by atomic mass is 32.1. The van der Waals surface area contributed by atoms with Gasteiger partial charge in [-0.2, -0.15) is 0 Å². The summed E-state index contributed by atoms with van der Waals surface area (Å²) in [5, 5.41) is 2.53. The molecule has 0 aliphatic rings. The normalized spacial score (nSPS) is 10.5. The van der Waals surface area contributed by atoms with Crippen molar-refractivity contribution in [3.63, 3.8) is 0 Å². The monoisotopic (exact) mass is 493 g/mol. The molecule has 0 unspecified atom stereocenters. The molecule has 0 spiro atoms. The zero-order valence-corrected chi connectivity index (χ0v) is 19.9. The van der Waals surface area contributed by atoms with Gasteiger partial charge in [0.05, 0.1) is 26.3 Å². The second kappa shape index (κ2) is 11.2.